The number of phenols is 1. The number of imidazole rings is 1. The zero-order valence-corrected chi connectivity index (χ0v) is 14.9. The van der Waals surface area contributed by atoms with Gasteiger partial charge in [0.25, 0.3) is 0 Å². The van der Waals surface area contributed by atoms with E-state index in [1.807, 2.05) is 71.3 Å². The maximum atomic E-state index is 13.6. The first kappa shape index (κ1) is 16.3. The third-order valence-electron chi connectivity index (χ3n) is 4.91. The minimum atomic E-state index is -0.138. The first-order chi connectivity index (χ1) is 13.7. The third kappa shape index (κ3) is 2.55. The van der Waals surface area contributed by atoms with Crippen LogP contribution < -0.4 is 0 Å². The van der Waals surface area contributed by atoms with Crippen molar-refractivity contribution in [3.8, 4) is 11.4 Å². The van der Waals surface area contributed by atoms with Gasteiger partial charge in [0.05, 0.1) is 11.0 Å². The number of ketones is 1. The van der Waals surface area contributed by atoms with Crippen LogP contribution in [0.25, 0.3) is 27.5 Å². The summed E-state index contributed by atoms with van der Waals surface area (Å²) in [7, 11) is 0. The molecule has 4 aromatic carbocycles. The summed E-state index contributed by atoms with van der Waals surface area (Å²) in [6.07, 6.45) is 0. The Hall–Kier alpha value is -3.92. The monoisotopic (exact) mass is 364 g/mol. The Labute approximate surface area is 161 Å². The molecule has 5 rings (SSSR count). The van der Waals surface area contributed by atoms with Crippen molar-refractivity contribution in [2.45, 2.75) is 0 Å². The molecule has 4 nitrogen and oxygen atoms in total. The van der Waals surface area contributed by atoms with E-state index in [9.17, 15) is 9.90 Å². The molecule has 1 N–H and O–H groups in total. The summed E-state index contributed by atoms with van der Waals surface area (Å²) >= 11 is 0. The highest BCUT2D eigenvalue weighted by atomic mass is 16.3. The number of aromatic nitrogens is 2. The molecule has 5 aromatic rings. The summed E-state index contributed by atoms with van der Waals surface area (Å²) in [6, 6.07) is 28.0. The fourth-order valence-corrected chi connectivity index (χ4v) is 3.59. The van der Waals surface area contributed by atoms with Crippen LogP contribution in [0.3, 0.4) is 0 Å². The Morgan fingerprint density at radius 3 is 2.36 bits per heavy atom. The molecule has 0 saturated carbocycles. The normalized spacial score (nSPS) is 11.1. The molecule has 28 heavy (non-hydrogen) atoms. The summed E-state index contributed by atoms with van der Waals surface area (Å²) in [5, 5.41) is 11.6. The standard InChI is InChI=1S/C24H16N2O2/c27-18-14-12-17(13-15-18)26-22-11-4-3-10-21(22)25-24(26)23(28)20-9-5-7-16-6-1-2-8-19(16)20/h1-15,27H. The van der Waals surface area contributed by atoms with Crippen molar-refractivity contribution in [1.82, 2.24) is 9.55 Å². The fraction of sp³-hybridized carbons (Fsp3) is 0. The molecule has 0 amide bonds. The highest BCUT2D eigenvalue weighted by molar-refractivity contribution is 6.16. The van der Waals surface area contributed by atoms with Gasteiger partial charge in [0.15, 0.2) is 5.82 Å². The molecule has 0 radical (unpaired) electrons. The van der Waals surface area contributed by atoms with Gasteiger partial charge in [0.2, 0.25) is 5.78 Å². The molecule has 0 unspecified atom stereocenters. The molecular weight excluding hydrogens is 348 g/mol. The smallest absolute Gasteiger partial charge is 0.229 e. The average Bonchev–Trinajstić information content (AvgIpc) is 3.13. The number of fused-ring (bicyclic) bond motifs is 2. The van der Waals surface area contributed by atoms with E-state index >= 15 is 0 Å². The predicted octanol–water partition coefficient (Wildman–Crippen LogP) is 5.12. The lowest BCUT2D eigenvalue weighted by Crippen LogP contribution is -2.11. The highest BCUT2D eigenvalue weighted by Crippen LogP contribution is 2.27. The number of carbonyl (C=O) groups is 1. The highest BCUT2D eigenvalue weighted by Gasteiger charge is 2.21. The Morgan fingerprint density at radius 2 is 1.50 bits per heavy atom. The largest absolute Gasteiger partial charge is 0.508 e. The van der Waals surface area contributed by atoms with Crippen LogP contribution in [0, 0.1) is 0 Å². The Morgan fingerprint density at radius 1 is 0.786 bits per heavy atom. The van der Waals surface area contributed by atoms with Crippen molar-refractivity contribution in [2.75, 3.05) is 0 Å². The van der Waals surface area contributed by atoms with Crippen molar-refractivity contribution in [1.29, 1.82) is 0 Å². The van der Waals surface area contributed by atoms with E-state index in [-0.39, 0.29) is 11.5 Å². The number of para-hydroxylation sites is 2. The van der Waals surface area contributed by atoms with E-state index in [2.05, 4.69) is 4.98 Å². The van der Waals surface area contributed by atoms with Crippen LogP contribution in [0.4, 0.5) is 0 Å². The van der Waals surface area contributed by atoms with Crippen LogP contribution in [0.15, 0.2) is 91.0 Å². The average molecular weight is 364 g/mol. The van der Waals surface area contributed by atoms with E-state index in [0.717, 1.165) is 27.5 Å². The van der Waals surface area contributed by atoms with E-state index in [4.69, 9.17) is 0 Å². The van der Waals surface area contributed by atoms with Gasteiger partial charge in [-0.15, -0.1) is 0 Å². The summed E-state index contributed by atoms with van der Waals surface area (Å²) < 4.78 is 1.85. The second-order valence-electron chi connectivity index (χ2n) is 6.63. The molecule has 0 aliphatic rings. The van der Waals surface area contributed by atoms with Crippen LogP contribution in [-0.2, 0) is 0 Å². The number of carbonyl (C=O) groups excluding carboxylic acids is 1. The Balaban J connectivity index is 1.78. The van der Waals surface area contributed by atoms with E-state index in [1.54, 1.807) is 24.3 Å². The van der Waals surface area contributed by atoms with Crippen molar-refractivity contribution in [3.63, 3.8) is 0 Å². The van der Waals surface area contributed by atoms with Gasteiger partial charge >= 0.3 is 0 Å². The summed E-state index contributed by atoms with van der Waals surface area (Å²) in [4.78, 5) is 18.2. The van der Waals surface area contributed by atoms with Crippen molar-refractivity contribution in [3.05, 3.63) is 102 Å². The van der Waals surface area contributed by atoms with Crippen LogP contribution >= 0.6 is 0 Å². The SMILES string of the molecule is O=C(c1cccc2ccccc12)c1nc2ccccc2n1-c1ccc(O)cc1. The Bertz CT molecular complexity index is 1330. The molecule has 0 atom stereocenters. The molecule has 0 bridgehead atoms. The molecule has 4 heteroatoms. The molecule has 1 aromatic heterocycles. The van der Waals surface area contributed by atoms with Gasteiger partial charge in [0.1, 0.15) is 5.75 Å². The number of rotatable bonds is 3. The number of nitrogens with zero attached hydrogens (tertiary/aromatic N) is 2. The van der Waals surface area contributed by atoms with Gasteiger partial charge in [-0.1, -0.05) is 54.6 Å². The zero-order valence-electron chi connectivity index (χ0n) is 14.9. The number of hydrogen-bond acceptors (Lipinski definition) is 3. The number of benzene rings is 4. The van der Waals surface area contributed by atoms with E-state index in [1.165, 1.54) is 0 Å². The minimum absolute atomic E-state index is 0.138. The predicted molar refractivity (Wildman–Crippen MR) is 110 cm³/mol. The van der Waals surface area contributed by atoms with Gasteiger partial charge < -0.3 is 5.11 Å². The zero-order chi connectivity index (χ0) is 19.1. The second kappa shape index (κ2) is 6.35. The molecule has 1 heterocycles. The van der Waals surface area contributed by atoms with E-state index < -0.39 is 0 Å². The molecule has 134 valence electrons. The quantitative estimate of drug-likeness (QED) is 0.452. The molecule has 0 aliphatic carbocycles. The third-order valence-corrected chi connectivity index (χ3v) is 4.91. The van der Waals surface area contributed by atoms with E-state index in [0.29, 0.717) is 11.4 Å². The molecule has 0 aliphatic heterocycles. The van der Waals surface area contributed by atoms with Gasteiger partial charge in [-0.25, -0.2) is 4.98 Å². The van der Waals surface area contributed by atoms with Crippen LogP contribution in [0.5, 0.6) is 5.75 Å². The van der Waals surface area contributed by atoms with Crippen LogP contribution in [0.1, 0.15) is 16.2 Å². The van der Waals surface area contributed by atoms with Crippen LogP contribution in [-0.4, -0.2) is 20.4 Å². The lowest BCUT2D eigenvalue weighted by molar-refractivity contribution is 0.103. The minimum Gasteiger partial charge on any atom is -0.508 e. The topological polar surface area (TPSA) is 55.1 Å². The lowest BCUT2D eigenvalue weighted by Gasteiger charge is -2.10. The molecular formula is C24H16N2O2. The number of aromatic hydroxyl groups is 1. The van der Waals surface area contributed by atoms with Crippen molar-refractivity contribution in [2.24, 2.45) is 0 Å². The fourth-order valence-electron chi connectivity index (χ4n) is 3.59. The molecule has 0 saturated heterocycles. The van der Waals surface area contributed by atoms with Crippen molar-refractivity contribution < 1.29 is 9.90 Å². The van der Waals surface area contributed by atoms with Gasteiger partial charge in [0, 0.05) is 11.3 Å². The summed E-state index contributed by atoms with van der Waals surface area (Å²) in [5.74, 6) is 0.388. The molecule has 0 spiro atoms. The van der Waals surface area contributed by atoms with Gasteiger partial charge in [-0.3, -0.25) is 9.36 Å². The Kier molecular flexibility index (Phi) is 3.69. The lowest BCUT2D eigenvalue weighted by atomic mass is 10.0. The number of hydrogen-bond donors (Lipinski definition) is 1. The molecule has 0 fully saturated rings. The van der Waals surface area contributed by atoms with Gasteiger partial charge in [-0.2, -0.15) is 0 Å². The summed E-state index contributed by atoms with van der Waals surface area (Å²) in [6.45, 7) is 0. The summed E-state index contributed by atoms with van der Waals surface area (Å²) in [5.41, 5.74) is 2.99. The first-order valence-electron chi connectivity index (χ1n) is 9.02. The maximum absolute atomic E-state index is 13.6. The van der Waals surface area contributed by atoms with Crippen LogP contribution in [0.2, 0.25) is 0 Å². The second-order valence-corrected chi connectivity index (χ2v) is 6.63. The number of phenolic OH excluding ortho intramolecular Hbond substituents is 1. The first-order valence-corrected chi connectivity index (χ1v) is 9.02. The van der Waals surface area contributed by atoms with Gasteiger partial charge in [-0.05, 0) is 47.2 Å². The van der Waals surface area contributed by atoms with Crippen molar-refractivity contribution >= 4 is 27.6 Å². The maximum Gasteiger partial charge on any atom is 0.229 e.